The predicted octanol–water partition coefficient (Wildman–Crippen LogP) is 10.9. The van der Waals surface area contributed by atoms with Gasteiger partial charge in [0.1, 0.15) is 0 Å². The van der Waals surface area contributed by atoms with Gasteiger partial charge >= 0.3 is 28.4 Å². The Morgan fingerprint density at radius 1 is 0.860 bits per heavy atom. The van der Waals surface area contributed by atoms with Crippen molar-refractivity contribution in [3.63, 3.8) is 0 Å². The average molecular weight is 644 g/mol. The molecule has 1 unspecified atom stereocenters. The van der Waals surface area contributed by atoms with Crippen molar-refractivity contribution in [3.8, 4) is 11.1 Å². The second-order valence-electron chi connectivity index (χ2n) is 13.6. The van der Waals surface area contributed by atoms with Gasteiger partial charge in [-0.3, -0.25) is 12.2 Å². The molecule has 0 heterocycles. The summed E-state index contributed by atoms with van der Waals surface area (Å²) in [7, 11) is 0. The molecule has 0 spiro atoms. The molecule has 3 aromatic rings. The van der Waals surface area contributed by atoms with Gasteiger partial charge in [0.15, 0.2) is 0 Å². The summed E-state index contributed by atoms with van der Waals surface area (Å²) in [4.78, 5) is 0. The van der Waals surface area contributed by atoms with Crippen LogP contribution in [0, 0.1) is 37.0 Å². The first-order chi connectivity index (χ1) is 19.9. The monoisotopic (exact) mass is 642 g/mol. The Bertz CT molecular complexity index is 1430. The van der Waals surface area contributed by atoms with Gasteiger partial charge in [-0.05, 0) is 45.9 Å². The molecule has 0 aromatic heterocycles. The predicted molar refractivity (Wildman–Crippen MR) is 185 cm³/mol. The summed E-state index contributed by atoms with van der Waals surface area (Å²) < 4.78 is 3.34. The summed E-state index contributed by atoms with van der Waals surface area (Å²) in [6.07, 6.45) is 20.4. The zero-order valence-electron chi connectivity index (χ0n) is 27.8. The van der Waals surface area contributed by atoms with Crippen LogP contribution in [0.25, 0.3) is 23.3 Å². The van der Waals surface area contributed by atoms with Gasteiger partial charge in [0.25, 0.3) is 0 Å². The van der Waals surface area contributed by atoms with Crippen LogP contribution in [0.15, 0.2) is 78.4 Å². The number of hydrogen-bond acceptors (Lipinski definition) is 0. The molecule has 0 radical (unpaired) electrons. The Hall–Kier alpha value is -2.63. The molecule has 0 N–H and O–H groups in total. The van der Waals surface area contributed by atoms with Gasteiger partial charge in [-0.1, -0.05) is 103 Å². The summed E-state index contributed by atoms with van der Waals surface area (Å²) >= 11 is 1.30. The molecule has 43 heavy (non-hydrogen) atoms. The van der Waals surface area contributed by atoms with Gasteiger partial charge in [-0.25, -0.2) is 12.2 Å². The second kappa shape index (κ2) is 14.0. The maximum absolute atomic E-state index is 3.50. The molecule has 1 heteroatoms. The van der Waals surface area contributed by atoms with Crippen LogP contribution in [0.1, 0.15) is 95.2 Å². The Kier molecular flexibility index (Phi) is 11.3. The molecule has 0 amide bonds. The van der Waals surface area contributed by atoms with Crippen LogP contribution in [0.3, 0.4) is 0 Å². The zero-order valence-corrected chi connectivity index (χ0v) is 30.2. The Labute approximate surface area is 278 Å². The Morgan fingerprint density at radius 2 is 1.47 bits per heavy atom. The maximum atomic E-state index is 3.50. The molecule has 4 aliphatic rings. The van der Waals surface area contributed by atoms with Crippen molar-refractivity contribution in [2.75, 3.05) is 0 Å². The molecule has 0 fully saturated rings. The van der Waals surface area contributed by atoms with Crippen LogP contribution < -0.4 is 0 Å². The molecule has 0 nitrogen and oxygen atoms in total. The third kappa shape index (κ3) is 7.73. The first-order valence-electron chi connectivity index (χ1n) is 15.1. The molecule has 7 rings (SSSR count). The molecular formula is C42H48Zr-4. The van der Waals surface area contributed by atoms with Gasteiger partial charge in [0, 0.05) is 5.41 Å². The normalized spacial score (nSPS) is 18.2. The van der Waals surface area contributed by atoms with Crippen molar-refractivity contribution in [1.29, 1.82) is 0 Å². The van der Waals surface area contributed by atoms with Crippen molar-refractivity contribution >= 4 is 16.4 Å². The fraction of sp³-hybridized carbons (Fsp3) is 0.333. The number of fused-ring (bicyclic) bond motifs is 5. The van der Waals surface area contributed by atoms with E-state index in [1.807, 2.05) is 30.3 Å². The quantitative estimate of drug-likeness (QED) is 0.181. The van der Waals surface area contributed by atoms with Gasteiger partial charge in [-0.2, -0.15) is 53.6 Å². The average Bonchev–Trinajstić information content (AvgIpc) is 3.74. The third-order valence-corrected chi connectivity index (χ3v) is 8.60. The van der Waals surface area contributed by atoms with Crippen molar-refractivity contribution in [2.24, 2.45) is 11.3 Å². The van der Waals surface area contributed by atoms with E-state index in [1.54, 1.807) is 0 Å². The number of rotatable bonds is 1. The summed E-state index contributed by atoms with van der Waals surface area (Å²) in [5.41, 5.74) is 13.4. The van der Waals surface area contributed by atoms with Gasteiger partial charge in [0.2, 0.25) is 0 Å². The first kappa shape index (κ1) is 34.9. The van der Waals surface area contributed by atoms with Crippen LogP contribution in [0.2, 0.25) is 0 Å². The number of hydrogen-bond donors (Lipinski definition) is 0. The zero-order chi connectivity index (χ0) is 30.7. The van der Waals surface area contributed by atoms with Crippen molar-refractivity contribution in [1.82, 2.24) is 0 Å². The van der Waals surface area contributed by atoms with Crippen LogP contribution in [-0.4, -0.2) is 4.21 Å². The molecule has 1 atom stereocenters. The molecule has 0 saturated heterocycles. The number of allylic oxidation sites excluding steroid dienone is 6. The molecule has 0 aliphatic heterocycles. The summed E-state index contributed by atoms with van der Waals surface area (Å²) in [6.45, 7) is 18.1. The van der Waals surface area contributed by atoms with Crippen molar-refractivity contribution in [2.45, 2.75) is 79.1 Å². The van der Waals surface area contributed by atoms with E-state index in [-0.39, 0.29) is 18.3 Å². The van der Waals surface area contributed by atoms with Gasteiger partial charge in [0.05, 0.1) is 0 Å². The third-order valence-electron chi connectivity index (χ3n) is 8.60. The van der Waals surface area contributed by atoms with E-state index in [0.717, 1.165) is 6.42 Å². The van der Waals surface area contributed by atoms with Gasteiger partial charge in [-0.15, -0.1) is 11.6 Å². The van der Waals surface area contributed by atoms with Crippen LogP contribution in [0.5, 0.6) is 0 Å². The van der Waals surface area contributed by atoms with E-state index in [4.69, 9.17) is 0 Å². The van der Waals surface area contributed by atoms with E-state index in [2.05, 4.69) is 132 Å². The second-order valence-corrected chi connectivity index (χ2v) is 13.6. The van der Waals surface area contributed by atoms with E-state index in [0.29, 0.717) is 11.3 Å². The largest absolute Gasteiger partial charge is 0.358 e. The van der Waals surface area contributed by atoms with Gasteiger partial charge < -0.3 is 7.43 Å². The minimum Gasteiger partial charge on any atom is -0.358 e. The summed E-state index contributed by atoms with van der Waals surface area (Å²) in [5.74, 6) is 0.573. The Morgan fingerprint density at radius 3 is 1.95 bits per heavy atom. The van der Waals surface area contributed by atoms with Crippen molar-refractivity contribution in [3.05, 3.63) is 137 Å². The first-order valence-corrected chi connectivity index (χ1v) is 16.9. The molecule has 3 aromatic carbocycles. The molecule has 4 aliphatic carbocycles. The van der Waals surface area contributed by atoms with E-state index < -0.39 is 0 Å². The minimum absolute atomic E-state index is 0. The standard InChI is InChI=1S/C23H21.C11H17.C6H5.CH3.CH2.Zr/c1-22(2)7-5-14-10-18-16(12-20(14)22)9-17-13-21-15(11-19(17)18)6-8-23(21,3)4;1-5-9-6-7-10(8-9)11(2,3)4;1-2-4-6-5-3-1;;;/h5-7,10-13H,9H2,1-4H3;7-9H,5H2,1-4H3;1-5H;1H3;1H2;/q4*-1;;. The van der Waals surface area contributed by atoms with E-state index >= 15 is 0 Å². The van der Waals surface area contributed by atoms with E-state index in [9.17, 15) is 0 Å². The smallest absolute Gasteiger partial charge is 0.171 e. The molecule has 0 bridgehead atoms. The number of benzene rings is 3. The fourth-order valence-electron chi connectivity index (χ4n) is 5.96. The Balaban J connectivity index is 0.000000212. The topological polar surface area (TPSA) is 0 Å². The summed E-state index contributed by atoms with van der Waals surface area (Å²) in [6, 6.07) is 22.2. The fourth-order valence-corrected chi connectivity index (χ4v) is 5.96. The summed E-state index contributed by atoms with van der Waals surface area (Å²) in [5, 5.41) is 0. The maximum Gasteiger partial charge on any atom is -0.171 e. The molecule has 224 valence electrons. The SMILES string of the molecule is CC1(C)[C-]=Cc2cc3c(cc21)Cc1cc2c(cc1-3)C=CC2(C)C.CCC1[C-]=CC(C(C)(C)C)=C1.[CH2]=[Zr].[CH3-].[c-]1ccccc1. The van der Waals surface area contributed by atoms with E-state index in [1.165, 1.54) is 80.7 Å². The molecular weight excluding hydrogens is 596 g/mol. The van der Waals surface area contributed by atoms with Crippen LogP contribution in [0.4, 0.5) is 0 Å². The molecule has 0 saturated carbocycles. The minimum atomic E-state index is 0. The van der Waals surface area contributed by atoms with Crippen molar-refractivity contribution < 1.29 is 24.2 Å². The van der Waals surface area contributed by atoms with Crippen LogP contribution in [-0.2, 0) is 41.5 Å². The van der Waals surface area contributed by atoms with Crippen LogP contribution >= 0.6 is 0 Å².